The van der Waals surface area contributed by atoms with E-state index in [1.165, 1.54) is 11.3 Å². The highest BCUT2D eigenvalue weighted by Crippen LogP contribution is 2.34. The number of hydrogen-bond donors (Lipinski definition) is 1. The molecule has 3 amide bonds. The molecule has 1 N–H and O–H groups in total. The lowest BCUT2D eigenvalue weighted by Gasteiger charge is -2.24. The van der Waals surface area contributed by atoms with Gasteiger partial charge in [-0.15, -0.1) is 11.3 Å². The number of anilines is 1. The minimum atomic E-state index is -0.986. The van der Waals surface area contributed by atoms with Crippen molar-refractivity contribution in [2.45, 2.75) is 40.2 Å². The number of aryl methyl sites for hydroxylation is 1. The average Bonchev–Trinajstić information content (AvgIpc) is 3.11. The monoisotopic (exact) mass is 414 g/mol. The van der Waals surface area contributed by atoms with E-state index in [4.69, 9.17) is 4.74 Å². The Morgan fingerprint density at radius 2 is 1.69 bits per heavy atom. The van der Waals surface area contributed by atoms with Crippen molar-refractivity contribution in [3.63, 3.8) is 0 Å². The average molecular weight is 414 g/mol. The van der Waals surface area contributed by atoms with Crippen molar-refractivity contribution < 1.29 is 23.9 Å². The molecule has 2 heterocycles. The number of hydrogen-bond acceptors (Lipinski definition) is 6. The molecule has 1 aliphatic rings. The van der Waals surface area contributed by atoms with E-state index in [2.05, 4.69) is 5.32 Å². The lowest BCUT2D eigenvalue weighted by Crippen LogP contribution is -2.46. The molecular formula is C21H22N2O5S. The van der Waals surface area contributed by atoms with Crippen molar-refractivity contribution in [3.8, 4) is 0 Å². The van der Waals surface area contributed by atoms with Crippen LogP contribution >= 0.6 is 11.3 Å². The van der Waals surface area contributed by atoms with E-state index in [1.54, 1.807) is 45.0 Å². The first-order chi connectivity index (χ1) is 13.8. The highest BCUT2D eigenvalue weighted by molar-refractivity contribution is 7.16. The molecule has 3 rings (SSSR count). The zero-order chi connectivity index (χ0) is 21.3. The van der Waals surface area contributed by atoms with E-state index in [-0.39, 0.29) is 13.0 Å². The van der Waals surface area contributed by atoms with Gasteiger partial charge in [-0.25, -0.2) is 4.79 Å². The summed E-state index contributed by atoms with van der Waals surface area (Å²) in [6.07, 6.45) is 0.245. The van der Waals surface area contributed by atoms with Gasteiger partial charge in [-0.1, -0.05) is 19.1 Å². The maximum absolute atomic E-state index is 13.0. The van der Waals surface area contributed by atoms with Crippen LogP contribution in [-0.2, 0) is 9.53 Å². The van der Waals surface area contributed by atoms with E-state index in [9.17, 15) is 19.2 Å². The van der Waals surface area contributed by atoms with E-state index >= 15 is 0 Å². The molecule has 0 saturated carbocycles. The number of benzene rings is 1. The molecule has 0 bridgehead atoms. The third-order valence-electron chi connectivity index (χ3n) is 4.93. The first-order valence-corrected chi connectivity index (χ1v) is 10.2. The maximum Gasteiger partial charge on any atom is 0.341 e. The minimum absolute atomic E-state index is 0.215. The molecule has 1 aliphatic heterocycles. The number of amides is 3. The fourth-order valence-electron chi connectivity index (χ4n) is 3.34. The summed E-state index contributed by atoms with van der Waals surface area (Å²) < 4.78 is 5.11. The molecule has 2 aromatic rings. The summed E-state index contributed by atoms with van der Waals surface area (Å²) in [5.74, 6) is -2.01. The van der Waals surface area contributed by atoms with Crippen LogP contribution in [-0.4, -0.2) is 41.2 Å². The SMILES string of the molecule is CCOC(=O)c1c(NC(=O)C(CC)N2C(=O)c3ccccc3C2=O)sc(C)c1C. The Hall–Kier alpha value is -3.00. The summed E-state index contributed by atoms with van der Waals surface area (Å²) in [5.41, 5.74) is 1.62. The Morgan fingerprint density at radius 1 is 1.10 bits per heavy atom. The minimum Gasteiger partial charge on any atom is -0.462 e. The van der Waals surface area contributed by atoms with Crippen LogP contribution in [0.25, 0.3) is 0 Å². The van der Waals surface area contributed by atoms with Gasteiger partial charge in [-0.3, -0.25) is 19.3 Å². The zero-order valence-electron chi connectivity index (χ0n) is 16.7. The highest BCUT2D eigenvalue weighted by Gasteiger charge is 2.42. The summed E-state index contributed by atoms with van der Waals surface area (Å²) in [6, 6.07) is 5.52. The summed E-state index contributed by atoms with van der Waals surface area (Å²) >= 11 is 1.26. The number of carbonyl (C=O) groups excluding carboxylic acids is 4. The lowest BCUT2D eigenvalue weighted by atomic mass is 10.1. The van der Waals surface area contributed by atoms with Gasteiger partial charge in [-0.05, 0) is 44.9 Å². The zero-order valence-corrected chi connectivity index (χ0v) is 17.5. The first kappa shape index (κ1) is 20.7. The van der Waals surface area contributed by atoms with Crippen molar-refractivity contribution in [1.82, 2.24) is 4.90 Å². The molecule has 1 unspecified atom stereocenters. The fourth-order valence-corrected chi connectivity index (χ4v) is 4.39. The Morgan fingerprint density at radius 3 is 2.21 bits per heavy atom. The van der Waals surface area contributed by atoms with Gasteiger partial charge in [0.05, 0.1) is 23.3 Å². The number of esters is 1. The van der Waals surface area contributed by atoms with E-state index < -0.39 is 29.7 Å². The number of ether oxygens (including phenoxy) is 1. The van der Waals surface area contributed by atoms with E-state index in [0.29, 0.717) is 21.7 Å². The molecule has 7 nitrogen and oxygen atoms in total. The van der Waals surface area contributed by atoms with Crippen LogP contribution < -0.4 is 5.32 Å². The Labute approximate surface area is 172 Å². The van der Waals surface area contributed by atoms with Gasteiger partial charge in [-0.2, -0.15) is 0 Å². The predicted molar refractivity (Wildman–Crippen MR) is 109 cm³/mol. The quantitative estimate of drug-likeness (QED) is 0.576. The van der Waals surface area contributed by atoms with Gasteiger partial charge in [0.2, 0.25) is 5.91 Å². The molecular weight excluding hydrogens is 392 g/mol. The highest BCUT2D eigenvalue weighted by atomic mass is 32.1. The molecule has 8 heteroatoms. The van der Waals surface area contributed by atoms with Gasteiger partial charge >= 0.3 is 5.97 Å². The van der Waals surface area contributed by atoms with E-state index in [0.717, 1.165) is 15.3 Å². The first-order valence-electron chi connectivity index (χ1n) is 9.36. The standard InChI is InChI=1S/C21H22N2O5S/c1-5-15(23-19(25)13-9-7-8-10-14(13)20(23)26)17(24)22-18-16(21(27)28-6-2)11(3)12(4)29-18/h7-10,15H,5-6H2,1-4H3,(H,22,24). The van der Waals surface area contributed by atoms with Gasteiger partial charge in [0, 0.05) is 4.88 Å². The van der Waals surface area contributed by atoms with Crippen molar-refractivity contribution in [2.24, 2.45) is 0 Å². The Kier molecular flexibility index (Phi) is 5.83. The normalized spacial score (nSPS) is 14.0. The van der Waals surface area contributed by atoms with Crippen LogP contribution in [0.4, 0.5) is 5.00 Å². The molecule has 0 fully saturated rings. The second kappa shape index (κ2) is 8.16. The maximum atomic E-state index is 13.0. The van der Waals surface area contributed by atoms with Gasteiger partial charge in [0.25, 0.3) is 11.8 Å². The number of imide groups is 1. The van der Waals surface area contributed by atoms with Crippen LogP contribution in [0.5, 0.6) is 0 Å². The van der Waals surface area contributed by atoms with Crippen molar-refractivity contribution in [1.29, 1.82) is 0 Å². The molecule has 1 aromatic carbocycles. The molecule has 0 saturated heterocycles. The Balaban J connectivity index is 1.89. The summed E-state index contributed by atoms with van der Waals surface area (Å²) in [7, 11) is 0. The van der Waals surface area contributed by atoms with Crippen molar-refractivity contribution >= 4 is 40.0 Å². The molecule has 1 aromatic heterocycles. The topological polar surface area (TPSA) is 92.8 Å². The van der Waals surface area contributed by atoms with Crippen LogP contribution in [0.1, 0.15) is 61.8 Å². The molecule has 29 heavy (non-hydrogen) atoms. The molecule has 1 atom stereocenters. The Bertz CT molecular complexity index is 975. The summed E-state index contributed by atoms with van der Waals surface area (Å²) in [4.78, 5) is 52.7. The van der Waals surface area contributed by atoms with Crippen LogP contribution in [0.15, 0.2) is 24.3 Å². The van der Waals surface area contributed by atoms with Gasteiger partial charge in [0.1, 0.15) is 11.0 Å². The van der Waals surface area contributed by atoms with Crippen LogP contribution in [0, 0.1) is 13.8 Å². The summed E-state index contributed by atoms with van der Waals surface area (Å²) in [6.45, 7) is 7.29. The third kappa shape index (κ3) is 3.55. The number of carbonyl (C=O) groups is 4. The number of rotatable bonds is 6. The smallest absolute Gasteiger partial charge is 0.341 e. The second-order valence-electron chi connectivity index (χ2n) is 6.65. The molecule has 0 aliphatic carbocycles. The van der Waals surface area contributed by atoms with Gasteiger partial charge < -0.3 is 10.1 Å². The molecule has 0 spiro atoms. The number of nitrogens with zero attached hydrogens (tertiary/aromatic N) is 1. The lowest BCUT2D eigenvalue weighted by molar-refractivity contribution is -0.120. The van der Waals surface area contributed by atoms with Crippen LogP contribution in [0.3, 0.4) is 0 Å². The molecule has 0 radical (unpaired) electrons. The number of nitrogens with one attached hydrogen (secondary N) is 1. The third-order valence-corrected chi connectivity index (χ3v) is 6.05. The predicted octanol–water partition coefficient (Wildman–Crippen LogP) is 3.55. The molecule has 152 valence electrons. The number of fused-ring (bicyclic) bond motifs is 1. The fraction of sp³-hybridized carbons (Fsp3) is 0.333. The number of thiophene rings is 1. The largest absolute Gasteiger partial charge is 0.462 e. The van der Waals surface area contributed by atoms with Gasteiger partial charge in [0.15, 0.2) is 0 Å². The van der Waals surface area contributed by atoms with Crippen molar-refractivity contribution in [2.75, 3.05) is 11.9 Å². The van der Waals surface area contributed by atoms with Crippen molar-refractivity contribution in [3.05, 3.63) is 51.4 Å². The second-order valence-corrected chi connectivity index (χ2v) is 7.87. The van der Waals surface area contributed by atoms with E-state index in [1.807, 2.05) is 6.92 Å². The van der Waals surface area contributed by atoms with Crippen LogP contribution in [0.2, 0.25) is 0 Å². The summed E-state index contributed by atoms with van der Waals surface area (Å²) in [5, 5.41) is 3.10.